The average Bonchev–Trinajstić information content (AvgIpc) is 2.76. The van der Waals surface area contributed by atoms with Gasteiger partial charge >= 0.3 is 5.96 Å². The Morgan fingerprint density at radius 1 is 1.40 bits per heavy atom. The number of hydrogen-bond acceptors (Lipinski definition) is 0. The summed E-state index contributed by atoms with van der Waals surface area (Å²) in [6, 6.07) is 6.94. The van der Waals surface area contributed by atoms with Gasteiger partial charge in [-0.2, -0.15) is 0 Å². The summed E-state index contributed by atoms with van der Waals surface area (Å²) in [6.45, 7) is 5.52. The number of hydrogen-bond donors (Lipinski definition) is 3. The minimum atomic E-state index is 0.432. The van der Waals surface area contributed by atoms with Crippen molar-refractivity contribution in [2.75, 3.05) is 6.54 Å². The Bertz CT molecular complexity index is 515. The van der Waals surface area contributed by atoms with Crippen LogP contribution in [0.4, 0.5) is 0 Å². The Hall–Kier alpha value is -1.61. The van der Waals surface area contributed by atoms with Crippen molar-refractivity contribution in [3.05, 3.63) is 41.0 Å². The monoisotopic (exact) mass is 273 g/mol. The third-order valence-corrected chi connectivity index (χ3v) is 3.77. The molecule has 0 spiro atoms. The zero-order chi connectivity index (χ0) is 14.5. The first-order valence-corrected chi connectivity index (χ1v) is 7.58. The predicted molar refractivity (Wildman–Crippen MR) is 83.8 cm³/mol. The van der Waals surface area contributed by atoms with Gasteiger partial charge in [0.05, 0.1) is 6.54 Å². The van der Waals surface area contributed by atoms with Gasteiger partial charge in [-0.05, 0) is 47.4 Å². The molecule has 3 nitrogen and oxygen atoms in total. The quantitative estimate of drug-likeness (QED) is 0.388. The van der Waals surface area contributed by atoms with Crippen molar-refractivity contribution >= 4 is 11.5 Å². The van der Waals surface area contributed by atoms with Gasteiger partial charge in [-0.25, -0.2) is 16.5 Å². The molecular formula is C17H27N3+2. The van der Waals surface area contributed by atoms with E-state index in [0.717, 1.165) is 25.8 Å². The highest BCUT2D eigenvalue weighted by Gasteiger charge is 2.15. The summed E-state index contributed by atoms with van der Waals surface area (Å²) in [6.07, 6.45) is 6.87. The minimum Gasteiger partial charge on any atom is -0.243 e. The maximum Gasteiger partial charge on any atom is 0.434 e. The molecule has 0 amide bonds. The molecule has 0 bridgehead atoms. The summed E-state index contributed by atoms with van der Waals surface area (Å²) in [7, 11) is 0. The fraction of sp³-hybridized carbons (Fsp3) is 0.471. The third-order valence-electron chi connectivity index (χ3n) is 3.77. The second-order valence-electron chi connectivity index (χ2n) is 6.12. The van der Waals surface area contributed by atoms with E-state index < -0.39 is 0 Å². The predicted octanol–water partition coefficient (Wildman–Crippen LogP) is 0.242. The van der Waals surface area contributed by atoms with Crippen LogP contribution in [0.1, 0.15) is 43.4 Å². The molecule has 20 heavy (non-hydrogen) atoms. The van der Waals surface area contributed by atoms with E-state index in [1.165, 1.54) is 28.7 Å². The highest BCUT2D eigenvalue weighted by atomic mass is 15.0. The number of rotatable bonds is 6. The maximum absolute atomic E-state index is 5.44. The standard InChI is InChI=1S/C17H25N3/c1-12(2)10-15-8-7-14-6-5-13(11-16(14)15)4-3-9-20-17(18)19/h5-6,8,11-12H,3-4,7,9-10H2,1-2H3,(H4,18,19,20)/p+2. The second-order valence-corrected chi connectivity index (χ2v) is 6.12. The van der Waals surface area contributed by atoms with Gasteiger partial charge < -0.3 is 0 Å². The van der Waals surface area contributed by atoms with E-state index in [1.807, 2.05) is 5.32 Å². The number of allylic oxidation sites excluding steroid dienone is 2. The first-order chi connectivity index (χ1) is 9.56. The molecule has 108 valence electrons. The largest absolute Gasteiger partial charge is 0.434 e. The lowest BCUT2D eigenvalue weighted by Gasteiger charge is -2.10. The van der Waals surface area contributed by atoms with Crippen LogP contribution in [-0.2, 0) is 12.8 Å². The van der Waals surface area contributed by atoms with Crippen LogP contribution < -0.4 is 16.5 Å². The molecule has 0 aromatic heterocycles. The van der Waals surface area contributed by atoms with Crippen LogP contribution in [0.25, 0.3) is 5.57 Å². The molecule has 0 heterocycles. The number of benzene rings is 1. The average molecular weight is 273 g/mol. The van der Waals surface area contributed by atoms with E-state index in [2.05, 4.69) is 38.1 Å². The molecule has 0 saturated carbocycles. The molecule has 0 atom stereocenters. The molecule has 0 aliphatic heterocycles. The van der Waals surface area contributed by atoms with E-state index in [0.29, 0.717) is 11.9 Å². The van der Waals surface area contributed by atoms with Crippen LogP contribution in [0.15, 0.2) is 24.3 Å². The maximum atomic E-state index is 5.44. The number of guanidine groups is 1. The van der Waals surface area contributed by atoms with Crippen LogP contribution in [0.2, 0.25) is 0 Å². The van der Waals surface area contributed by atoms with E-state index in [-0.39, 0.29) is 0 Å². The minimum absolute atomic E-state index is 0.432. The Labute approximate surface area is 121 Å². The first-order valence-electron chi connectivity index (χ1n) is 7.58. The third kappa shape index (κ3) is 3.94. The van der Waals surface area contributed by atoms with Gasteiger partial charge in [-0.15, -0.1) is 0 Å². The Morgan fingerprint density at radius 3 is 2.90 bits per heavy atom. The van der Waals surface area contributed by atoms with Gasteiger partial charge in [-0.3, -0.25) is 0 Å². The summed E-state index contributed by atoms with van der Waals surface area (Å²) < 4.78 is 0. The SMILES string of the molecule is CC(C)CC1=CCc2ccc(CCC[NH2+]C(N)=[NH2+])cc21. The molecule has 0 fully saturated rings. The summed E-state index contributed by atoms with van der Waals surface area (Å²) in [5, 5.41) is 7.34. The Morgan fingerprint density at radius 2 is 2.20 bits per heavy atom. The summed E-state index contributed by atoms with van der Waals surface area (Å²) in [4.78, 5) is 0. The highest BCUT2D eigenvalue weighted by Crippen LogP contribution is 2.32. The van der Waals surface area contributed by atoms with Crippen LogP contribution >= 0.6 is 0 Å². The lowest BCUT2D eigenvalue weighted by Crippen LogP contribution is -2.96. The molecule has 0 radical (unpaired) electrons. The molecule has 2 rings (SSSR count). The molecule has 0 unspecified atom stereocenters. The van der Waals surface area contributed by atoms with Crippen molar-refractivity contribution in [2.24, 2.45) is 11.7 Å². The molecule has 1 aromatic rings. The summed E-state index contributed by atoms with van der Waals surface area (Å²) in [5.74, 6) is 1.15. The number of quaternary nitrogens is 1. The topological polar surface area (TPSA) is 68.2 Å². The van der Waals surface area contributed by atoms with Crippen molar-refractivity contribution in [1.29, 1.82) is 0 Å². The van der Waals surface area contributed by atoms with Crippen LogP contribution in [0.3, 0.4) is 0 Å². The Kier molecular flexibility index (Phi) is 4.96. The van der Waals surface area contributed by atoms with E-state index in [1.54, 1.807) is 0 Å². The smallest absolute Gasteiger partial charge is 0.243 e. The first kappa shape index (κ1) is 14.8. The van der Waals surface area contributed by atoms with Crippen molar-refractivity contribution in [2.45, 2.75) is 39.5 Å². The molecule has 0 saturated heterocycles. The lowest BCUT2D eigenvalue weighted by molar-refractivity contribution is -0.568. The van der Waals surface area contributed by atoms with Gasteiger partial charge in [0.25, 0.3) is 0 Å². The fourth-order valence-corrected chi connectivity index (χ4v) is 2.81. The van der Waals surface area contributed by atoms with Gasteiger partial charge in [-0.1, -0.05) is 38.1 Å². The van der Waals surface area contributed by atoms with Gasteiger partial charge in [0.15, 0.2) is 0 Å². The van der Waals surface area contributed by atoms with Crippen molar-refractivity contribution in [3.8, 4) is 0 Å². The van der Waals surface area contributed by atoms with Crippen LogP contribution in [0.5, 0.6) is 0 Å². The summed E-state index contributed by atoms with van der Waals surface area (Å²) >= 11 is 0. The van der Waals surface area contributed by atoms with Crippen molar-refractivity contribution in [1.82, 2.24) is 0 Å². The van der Waals surface area contributed by atoms with Gasteiger partial charge in [0.2, 0.25) is 0 Å². The van der Waals surface area contributed by atoms with E-state index >= 15 is 0 Å². The molecule has 1 aliphatic carbocycles. The zero-order valence-corrected chi connectivity index (χ0v) is 12.7. The highest BCUT2D eigenvalue weighted by molar-refractivity contribution is 5.73. The number of aryl methyl sites for hydroxylation is 1. The van der Waals surface area contributed by atoms with Crippen molar-refractivity contribution in [3.63, 3.8) is 0 Å². The van der Waals surface area contributed by atoms with E-state index in [9.17, 15) is 0 Å². The second kappa shape index (κ2) is 6.71. The number of nitrogens with two attached hydrogens (primary N) is 3. The molecular weight excluding hydrogens is 246 g/mol. The molecule has 6 N–H and O–H groups in total. The van der Waals surface area contributed by atoms with Crippen LogP contribution in [0, 0.1) is 5.92 Å². The fourth-order valence-electron chi connectivity index (χ4n) is 2.81. The zero-order valence-electron chi connectivity index (χ0n) is 12.7. The lowest BCUT2D eigenvalue weighted by atomic mass is 9.95. The molecule has 1 aliphatic rings. The van der Waals surface area contributed by atoms with Gasteiger partial charge in [0, 0.05) is 6.42 Å². The van der Waals surface area contributed by atoms with Crippen molar-refractivity contribution < 1.29 is 10.7 Å². The molecule has 3 heteroatoms. The van der Waals surface area contributed by atoms with E-state index in [4.69, 9.17) is 11.1 Å². The number of fused-ring (bicyclic) bond motifs is 1. The van der Waals surface area contributed by atoms with Gasteiger partial charge in [0.1, 0.15) is 0 Å². The molecule has 1 aromatic carbocycles. The summed E-state index contributed by atoms with van der Waals surface area (Å²) in [5.41, 5.74) is 11.4. The van der Waals surface area contributed by atoms with Crippen LogP contribution in [-0.4, -0.2) is 12.5 Å². The normalized spacial score (nSPS) is 13.4. The Balaban J connectivity index is 1.97.